The largest absolute Gasteiger partial charge is 0.417 e. The highest BCUT2D eigenvalue weighted by Crippen LogP contribution is 2.28. The van der Waals surface area contributed by atoms with Crippen LogP contribution < -0.4 is 16.4 Å². The first-order valence-electron chi connectivity index (χ1n) is 10.3. The lowest BCUT2D eigenvalue weighted by Crippen LogP contribution is -2.43. The number of nitrogens with one attached hydrogen (secondary N) is 2. The minimum Gasteiger partial charge on any atom is -0.267 e. The molecule has 3 aromatic heterocycles. The average Bonchev–Trinajstić information content (AvgIpc) is 3.23. The second-order valence-corrected chi connectivity index (χ2v) is 7.38. The molecule has 0 fully saturated rings. The van der Waals surface area contributed by atoms with Gasteiger partial charge in [0.05, 0.1) is 28.4 Å². The predicted molar refractivity (Wildman–Crippen MR) is 118 cm³/mol. The summed E-state index contributed by atoms with van der Waals surface area (Å²) in [6, 6.07) is 8.46. The van der Waals surface area contributed by atoms with Gasteiger partial charge in [-0.25, -0.2) is 14.3 Å². The van der Waals surface area contributed by atoms with Gasteiger partial charge < -0.3 is 0 Å². The second-order valence-electron chi connectivity index (χ2n) is 7.38. The molecule has 10 nitrogen and oxygen atoms in total. The van der Waals surface area contributed by atoms with Gasteiger partial charge in [0.15, 0.2) is 11.5 Å². The van der Waals surface area contributed by atoms with Crippen molar-refractivity contribution < 1.29 is 22.8 Å². The molecule has 0 aliphatic heterocycles. The van der Waals surface area contributed by atoms with Crippen LogP contribution in [0.25, 0.3) is 16.6 Å². The third kappa shape index (κ3) is 4.47. The Balaban J connectivity index is 1.53. The molecule has 2 N–H and O–H groups in total. The zero-order valence-corrected chi connectivity index (χ0v) is 18.4. The number of fused-ring (bicyclic) bond motifs is 1. The molecular formula is C22H18F3N7O3. The van der Waals surface area contributed by atoms with E-state index in [4.69, 9.17) is 0 Å². The Morgan fingerprint density at radius 3 is 2.31 bits per heavy atom. The molecule has 4 rings (SSSR count). The second kappa shape index (κ2) is 9.00. The molecule has 0 aliphatic carbocycles. The zero-order valence-electron chi connectivity index (χ0n) is 18.4. The maximum absolute atomic E-state index is 12.8. The molecule has 0 saturated carbocycles. The van der Waals surface area contributed by atoms with Crippen molar-refractivity contribution in [2.45, 2.75) is 26.6 Å². The monoisotopic (exact) mass is 485 g/mol. The van der Waals surface area contributed by atoms with Gasteiger partial charge >= 0.3 is 6.18 Å². The summed E-state index contributed by atoms with van der Waals surface area (Å²) in [5.41, 5.74) is 3.56. The summed E-state index contributed by atoms with van der Waals surface area (Å²) in [5.74, 6) is -1.38. The van der Waals surface area contributed by atoms with E-state index < -0.39 is 23.6 Å². The molecule has 35 heavy (non-hydrogen) atoms. The van der Waals surface area contributed by atoms with E-state index in [1.54, 1.807) is 31.2 Å². The fourth-order valence-electron chi connectivity index (χ4n) is 3.40. The Morgan fingerprint density at radius 2 is 1.69 bits per heavy atom. The lowest BCUT2D eigenvalue weighted by atomic mass is 10.1. The van der Waals surface area contributed by atoms with Gasteiger partial charge in [0.2, 0.25) is 0 Å². The Bertz CT molecular complexity index is 1490. The van der Waals surface area contributed by atoms with Crippen molar-refractivity contribution in [2.24, 2.45) is 0 Å². The van der Waals surface area contributed by atoms with Gasteiger partial charge in [0, 0.05) is 18.1 Å². The number of hydrogen-bond acceptors (Lipinski definition) is 6. The van der Waals surface area contributed by atoms with Gasteiger partial charge in [-0.3, -0.25) is 25.2 Å². The molecule has 0 aliphatic rings. The molecule has 4 aromatic rings. The molecule has 13 heteroatoms. The summed E-state index contributed by atoms with van der Waals surface area (Å²) < 4.78 is 40.6. The molecule has 0 atom stereocenters. The van der Waals surface area contributed by atoms with Crippen molar-refractivity contribution >= 4 is 22.6 Å². The van der Waals surface area contributed by atoms with E-state index in [1.165, 1.54) is 17.8 Å². The van der Waals surface area contributed by atoms with E-state index in [-0.39, 0.29) is 34.9 Å². The number of carbonyl (C=O) groups is 2. The number of rotatable bonds is 4. The number of alkyl halides is 3. The standard InChI is InChI=1S/C22H18F3N7O3/c1-3-31-21(35)15-7-5-4-6-14(15)18(30-31)20(34)29-28-19(33)16-11-27-32(12(16)2)17-9-8-13(10-26-17)22(23,24)25/h4-11H,3H2,1-2H3,(H,28,33)(H,29,34). The molecule has 0 unspecified atom stereocenters. The van der Waals surface area contributed by atoms with Crippen LogP contribution in [0, 0.1) is 6.92 Å². The average molecular weight is 485 g/mol. The lowest BCUT2D eigenvalue weighted by molar-refractivity contribution is -0.137. The van der Waals surface area contributed by atoms with E-state index in [0.717, 1.165) is 16.8 Å². The Kier molecular flexibility index (Phi) is 6.07. The van der Waals surface area contributed by atoms with Gasteiger partial charge in [0.25, 0.3) is 17.4 Å². The van der Waals surface area contributed by atoms with Gasteiger partial charge in [-0.1, -0.05) is 18.2 Å². The van der Waals surface area contributed by atoms with Gasteiger partial charge in [0.1, 0.15) is 0 Å². The summed E-state index contributed by atoms with van der Waals surface area (Å²) in [6.07, 6.45) is -2.66. The highest BCUT2D eigenvalue weighted by atomic mass is 19.4. The summed E-state index contributed by atoms with van der Waals surface area (Å²) in [5, 5.41) is 8.73. The van der Waals surface area contributed by atoms with E-state index in [1.807, 2.05) is 0 Å². The van der Waals surface area contributed by atoms with Crippen molar-refractivity contribution in [2.75, 3.05) is 0 Å². The van der Waals surface area contributed by atoms with Crippen LogP contribution in [-0.4, -0.2) is 36.4 Å². The lowest BCUT2D eigenvalue weighted by Gasteiger charge is -2.11. The molecule has 0 radical (unpaired) electrons. The maximum Gasteiger partial charge on any atom is 0.417 e. The number of aromatic nitrogens is 5. The molecule has 2 amide bonds. The Hall–Kier alpha value is -4.55. The van der Waals surface area contributed by atoms with Crippen LogP contribution in [0.1, 0.15) is 39.0 Å². The molecule has 0 spiro atoms. The van der Waals surface area contributed by atoms with Crippen molar-refractivity contribution in [1.82, 2.24) is 35.4 Å². The summed E-state index contributed by atoms with van der Waals surface area (Å²) in [4.78, 5) is 41.6. The SMILES string of the molecule is CCn1nc(C(=O)NNC(=O)c2cnn(-c3ccc(C(F)(F)F)cn3)c2C)c2ccccc2c1=O. The molecule has 3 heterocycles. The highest BCUT2D eigenvalue weighted by Gasteiger charge is 2.31. The number of amides is 2. The molecule has 0 bridgehead atoms. The first-order chi connectivity index (χ1) is 16.6. The predicted octanol–water partition coefficient (Wildman–Crippen LogP) is 2.40. The third-order valence-corrected chi connectivity index (χ3v) is 5.22. The summed E-state index contributed by atoms with van der Waals surface area (Å²) in [6.45, 7) is 3.47. The van der Waals surface area contributed by atoms with Gasteiger partial charge in [-0.05, 0) is 32.0 Å². The van der Waals surface area contributed by atoms with E-state index in [9.17, 15) is 27.6 Å². The van der Waals surface area contributed by atoms with Crippen LogP contribution in [-0.2, 0) is 12.7 Å². The molecular weight excluding hydrogens is 467 g/mol. The Labute approximate surface area is 195 Å². The number of pyridine rings is 1. The number of aryl methyl sites for hydroxylation is 1. The minimum absolute atomic E-state index is 0.0521. The van der Waals surface area contributed by atoms with Crippen LogP contribution in [0.15, 0.2) is 53.6 Å². The fourth-order valence-corrected chi connectivity index (χ4v) is 3.40. The first kappa shape index (κ1) is 23.6. The molecule has 0 saturated heterocycles. The minimum atomic E-state index is -4.53. The van der Waals surface area contributed by atoms with Crippen LogP contribution in [0.5, 0.6) is 0 Å². The number of hydrogen-bond donors (Lipinski definition) is 2. The van der Waals surface area contributed by atoms with Crippen molar-refractivity contribution in [3.05, 3.63) is 81.7 Å². The smallest absolute Gasteiger partial charge is 0.267 e. The van der Waals surface area contributed by atoms with E-state index in [0.29, 0.717) is 17.0 Å². The number of hydrazine groups is 1. The summed E-state index contributed by atoms with van der Waals surface area (Å²) >= 11 is 0. The normalized spacial score (nSPS) is 11.5. The van der Waals surface area contributed by atoms with Crippen LogP contribution in [0.2, 0.25) is 0 Å². The number of benzene rings is 1. The fraction of sp³-hybridized carbons (Fsp3) is 0.182. The first-order valence-corrected chi connectivity index (χ1v) is 10.3. The third-order valence-electron chi connectivity index (χ3n) is 5.22. The topological polar surface area (TPSA) is 124 Å². The highest BCUT2D eigenvalue weighted by molar-refractivity contribution is 6.06. The Morgan fingerprint density at radius 1 is 1.00 bits per heavy atom. The van der Waals surface area contributed by atoms with Gasteiger partial charge in [-0.15, -0.1) is 0 Å². The number of nitrogens with zero attached hydrogens (tertiary/aromatic N) is 5. The number of halogens is 3. The van der Waals surface area contributed by atoms with Crippen LogP contribution in [0.4, 0.5) is 13.2 Å². The molecule has 1 aromatic carbocycles. The van der Waals surface area contributed by atoms with Crippen molar-refractivity contribution in [3.63, 3.8) is 0 Å². The quantitative estimate of drug-likeness (QED) is 0.428. The maximum atomic E-state index is 12.8. The molecule has 180 valence electrons. The van der Waals surface area contributed by atoms with Gasteiger partial charge in [-0.2, -0.15) is 23.4 Å². The van der Waals surface area contributed by atoms with E-state index >= 15 is 0 Å². The van der Waals surface area contributed by atoms with E-state index in [2.05, 4.69) is 26.0 Å². The van der Waals surface area contributed by atoms with Crippen molar-refractivity contribution in [1.29, 1.82) is 0 Å². The van der Waals surface area contributed by atoms with Crippen LogP contribution in [0.3, 0.4) is 0 Å². The van der Waals surface area contributed by atoms with Crippen LogP contribution >= 0.6 is 0 Å². The zero-order chi connectivity index (χ0) is 25.3. The number of carbonyl (C=O) groups excluding carboxylic acids is 2. The summed E-state index contributed by atoms with van der Waals surface area (Å²) in [7, 11) is 0. The van der Waals surface area contributed by atoms with Crippen molar-refractivity contribution in [3.8, 4) is 5.82 Å².